The van der Waals surface area contributed by atoms with Gasteiger partial charge in [-0.2, -0.15) is 0 Å². The largest absolute Gasteiger partial charge is 0.412 e. The lowest BCUT2D eigenvalue weighted by Gasteiger charge is -1.88. The van der Waals surface area contributed by atoms with Gasteiger partial charge in [-0.15, -0.1) is 0 Å². The van der Waals surface area contributed by atoms with Crippen molar-refractivity contribution in [1.82, 2.24) is 5.32 Å². The van der Waals surface area contributed by atoms with Gasteiger partial charge in [0.2, 0.25) is 0 Å². The van der Waals surface area contributed by atoms with Gasteiger partial charge in [-0.1, -0.05) is 0 Å². The van der Waals surface area contributed by atoms with Crippen molar-refractivity contribution in [2.24, 2.45) is 5.73 Å². The van der Waals surface area contributed by atoms with Crippen LogP contribution < -0.4 is 11.1 Å². The molecule has 0 bridgehead atoms. The Hall–Kier alpha value is -0.770. The molecule has 0 unspecified atom stereocenters. The molecule has 0 aliphatic rings. The Labute approximate surface area is 42.0 Å². The normalized spacial score (nSPS) is 6.43. The van der Waals surface area contributed by atoms with Crippen molar-refractivity contribution in [1.29, 1.82) is 0 Å². The molecule has 0 radical (unpaired) electrons. The van der Waals surface area contributed by atoms with E-state index >= 15 is 0 Å². The number of hydrogen-bond donors (Lipinski definition) is 2. The predicted molar refractivity (Wildman–Crippen MR) is 26.9 cm³/mol. The van der Waals surface area contributed by atoms with E-state index in [0.29, 0.717) is 6.54 Å². The second-order valence-corrected chi connectivity index (χ2v) is 0.895. The molecule has 44 valence electrons. The topological polar surface area (TPSA) is 86.6 Å². The van der Waals surface area contributed by atoms with Gasteiger partial charge in [0.1, 0.15) is 0 Å². The minimum Gasteiger partial charge on any atom is -0.412 e. The van der Waals surface area contributed by atoms with Crippen LogP contribution in [-0.2, 0) is 0 Å². The average molecular weight is 106 g/mol. The molecular weight excluding hydrogens is 96.0 g/mol. The highest BCUT2D eigenvalue weighted by Crippen LogP contribution is 1.49. The summed E-state index contributed by atoms with van der Waals surface area (Å²) in [6.07, 6.45) is 0. The van der Waals surface area contributed by atoms with Crippen molar-refractivity contribution in [3.05, 3.63) is 0 Å². The summed E-state index contributed by atoms with van der Waals surface area (Å²) in [5.41, 5.74) is 4.65. The Balaban J connectivity index is 0. The lowest BCUT2D eigenvalue weighted by atomic mass is 10.7. The third kappa shape index (κ3) is 11.0. The van der Waals surface area contributed by atoms with Gasteiger partial charge in [0, 0.05) is 6.54 Å². The van der Waals surface area contributed by atoms with E-state index in [9.17, 15) is 4.79 Å². The molecule has 5 N–H and O–H groups in total. The molecule has 0 aliphatic carbocycles. The third-order valence-corrected chi connectivity index (χ3v) is 0.351. The number of carbonyl (C=O) groups excluding carboxylic acids is 1. The van der Waals surface area contributed by atoms with Crippen molar-refractivity contribution in [3.63, 3.8) is 0 Å². The summed E-state index contributed by atoms with van der Waals surface area (Å²) in [6, 6.07) is -0.461. The Kier molecular flexibility index (Phi) is 7.12. The van der Waals surface area contributed by atoms with Gasteiger partial charge in [-0.05, 0) is 6.92 Å². The second-order valence-electron chi connectivity index (χ2n) is 0.895. The number of carbonyl (C=O) groups is 1. The van der Waals surface area contributed by atoms with Crippen LogP contribution in [-0.4, -0.2) is 18.1 Å². The average Bonchev–Trinajstić information content (AvgIpc) is 1.35. The summed E-state index contributed by atoms with van der Waals surface area (Å²) in [5, 5.41) is 2.35. The molecule has 0 saturated carbocycles. The zero-order chi connectivity index (χ0) is 4.99. The fourth-order valence-electron chi connectivity index (χ4n) is 0.174. The first-order chi connectivity index (χ1) is 2.77. The summed E-state index contributed by atoms with van der Waals surface area (Å²) in [7, 11) is 0. The highest BCUT2D eigenvalue weighted by Gasteiger charge is 1.79. The maximum atomic E-state index is 9.71. The fraction of sp³-hybridized carbons (Fsp3) is 0.667. The van der Waals surface area contributed by atoms with E-state index in [1.54, 1.807) is 0 Å². The van der Waals surface area contributed by atoms with E-state index < -0.39 is 6.03 Å². The van der Waals surface area contributed by atoms with Crippen LogP contribution >= 0.6 is 0 Å². The minimum absolute atomic E-state index is 0. The van der Waals surface area contributed by atoms with Crippen LogP contribution in [0.1, 0.15) is 6.92 Å². The highest BCUT2D eigenvalue weighted by atomic mass is 16.2. The molecule has 4 heteroatoms. The van der Waals surface area contributed by atoms with Crippen molar-refractivity contribution in [2.45, 2.75) is 6.92 Å². The fourth-order valence-corrected chi connectivity index (χ4v) is 0.174. The van der Waals surface area contributed by atoms with Crippen LogP contribution in [0.2, 0.25) is 0 Å². The van der Waals surface area contributed by atoms with Gasteiger partial charge >= 0.3 is 6.03 Å². The number of amides is 2. The van der Waals surface area contributed by atoms with Gasteiger partial charge in [0.15, 0.2) is 0 Å². The molecule has 0 aromatic heterocycles. The van der Waals surface area contributed by atoms with Crippen LogP contribution in [0, 0.1) is 0 Å². The second kappa shape index (κ2) is 5.23. The lowest BCUT2D eigenvalue weighted by Crippen LogP contribution is -2.28. The predicted octanol–water partition coefficient (Wildman–Crippen LogP) is -1.15. The molecule has 2 amide bonds. The van der Waals surface area contributed by atoms with Crippen molar-refractivity contribution in [2.75, 3.05) is 6.54 Å². The maximum absolute atomic E-state index is 9.71. The van der Waals surface area contributed by atoms with Crippen LogP contribution in [0.15, 0.2) is 0 Å². The Morgan fingerprint density at radius 3 is 2.29 bits per heavy atom. The van der Waals surface area contributed by atoms with E-state index in [-0.39, 0.29) is 5.48 Å². The number of hydrogen-bond acceptors (Lipinski definition) is 1. The molecule has 0 aliphatic heterocycles. The molecule has 0 rings (SSSR count). The van der Waals surface area contributed by atoms with E-state index in [4.69, 9.17) is 0 Å². The zero-order valence-electron chi connectivity index (χ0n) is 4.19. The monoisotopic (exact) mass is 106 g/mol. The van der Waals surface area contributed by atoms with Crippen LogP contribution in [0.25, 0.3) is 0 Å². The van der Waals surface area contributed by atoms with E-state index in [1.807, 2.05) is 6.92 Å². The van der Waals surface area contributed by atoms with Crippen molar-refractivity contribution in [3.8, 4) is 0 Å². The van der Waals surface area contributed by atoms with Crippen molar-refractivity contribution < 1.29 is 10.3 Å². The van der Waals surface area contributed by atoms with Gasteiger partial charge in [0.05, 0.1) is 0 Å². The molecular formula is C3H10N2O2. The summed E-state index contributed by atoms with van der Waals surface area (Å²) in [5.74, 6) is 0. The number of rotatable bonds is 1. The summed E-state index contributed by atoms with van der Waals surface area (Å²) in [4.78, 5) is 9.71. The number of nitrogens with two attached hydrogens (primary N) is 1. The smallest absolute Gasteiger partial charge is 0.312 e. The molecule has 4 nitrogen and oxygen atoms in total. The quantitative estimate of drug-likeness (QED) is 0.434. The van der Waals surface area contributed by atoms with Gasteiger partial charge < -0.3 is 16.5 Å². The summed E-state index contributed by atoms with van der Waals surface area (Å²) < 4.78 is 0. The SMILES string of the molecule is CCNC(N)=O.O. The first-order valence-corrected chi connectivity index (χ1v) is 1.80. The van der Waals surface area contributed by atoms with Crippen LogP contribution in [0.5, 0.6) is 0 Å². The van der Waals surface area contributed by atoms with Crippen LogP contribution in [0.4, 0.5) is 4.79 Å². The molecule has 0 saturated heterocycles. The molecule has 0 aromatic carbocycles. The van der Waals surface area contributed by atoms with Gasteiger partial charge in [-0.25, -0.2) is 4.79 Å². The summed E-state index contributed by atoms with van der Waals surface area (Å²) in [6.45, 7) is 2.42. The van der Waals surface area contributed by atoms with Gasteiger partial charge in [0.25, 0.3) is 0 Å². The van der Waals surface area contributed by atoms with Gasteiger partial charge in [-0.3, -0.25) is 0 Å². The molecule has 0 fully saturated rings. The minimum atomic E-state index is -0.461. The first kappa shape index (κ1) is 9.52. The van der Waals surface area contributed by atoms with Crippen LogP contribution in [0.3, 0.4) is 0 Å². The molecule has 0 atom stereocenters. The van der Waals surface area contributed by atoms with E-state index in [0.717, 1.165) is 0 Å². The third-order valence-electron chi connectivity index (χ3n) is 0.351. The van der Waals surface area contributed by atoms with Crippen molar-refractivity contribution >= 4 is 6.03 Å². The Bertz CT molecular complexity index is 54.9. The molecule has 0 aromatic rings. The number of urea groups is 1. The highest BCUT2D eigenvalue weighted by molar-refractivity contribution is 5.71. The Morgan fingerprint density at radius 2 is 2.29 bits per heavy atom. The molecule has 0 heterocycles. The summed E-state index contributed by atoms with van der Waals surface area (Å²) >= 11 is 0. The zero-order valence-corrected chi connectivity index (χ0v) is 4.19. The Morgan fingerprint density at radius 1 is 1.86 bits per heavy atom. The first-order valence-electron chi connectivity index (χ1n) is 1.80. The lowest BCUT2D eigenvalue weighted by molar-refractivity contribution is 0.249. The standard InChI is InChI=1S/C3H8N2O.H2O/c1-2-5-3(4)6;/h2H2,1H3,(H3,4,5,6);1H2. The number of primary amides is 1. The molecule has 7 heavy (non-hydrogen) atoms. The van der Waals surface area contributed by atoms with E-state index in [2.05, 4.69) is 11.1 Å². The number of nitrogens with one attached hydrogen (secondary N) is 1. The molecule has 0 spiro atoms. The maximum Gasteiger partial charge on any atom is 0.312 e. The van der Waals surface area contributed by atoms with E-state index in [1.165, 1.54) is 0 Å².